The lowest BCUT2D eigenvalue weighted by molar-refractivity contribution is -0.125. The molecule has 3 aromatic carbocycles. The molecule has 1 atom stereocenters. The van der Waals surface area contributed by atoms with Crippen molar-refractivity contribution in [1.29, 1.82) is 0 Å². The van der Waals surface area contributed by atoms with Gasteiger partial charge in [0.2, 0.25) is 16.7 Å². The molecule has 1 N–H and O–H groups in total. The third-order valence-corrected chi connectivity index (χ3v) is 7.38. The minimum atomic E-state index is -1.20. The van der Waals surface area contributed by atoms with Crippen LogP contribution in [-0.4, -0.2) is 30.0 Å². The third-order valence-electron chi connectivity index (χ3n) is 5.99. The van der Waals surface area contributed by atoms with Crippen LogP contribution in [0.5, 0.6) is 0 Å². The SMILES string of the molecule is Cc1ccc(CNC(=O)CN2C(=O)[C@@]3(SCC(=O)N3c3ccccc3)c3ccccc32)cc1. The average Bonchev–Trinajstić information content (AvgIpc) is 3.30. The second kappa shape index (κ2) is 8.41. The summed E-state index contributed by atoms with van der Waals surface area (Å²) in [5.41, 5.74) is 4.21. The van der Waals surface area contributed by atoms with Gasteiger partial charge in [-0.2, -0.15) is 0 Å². The van der Waals surface area contributed by atoms with Crippen LogP contribution in [0.25, 0.3) is 0 Å². The number of nitrogens with one attached hydrogen (secondary N) is 1. The zero-order chi connectivity index (χ0) is 23.0. The Balaban J connectivity index is 1.43. The van der Waals surface area contributed by atoms with Crippen LogP contribution in [0, 0.1) is 6.92 Å². The van der Waals surface area contributed by atoms with Crippen LogP contribution in [0.1, 0.15) is 16.7 Å². The van der Waals surface area contributed by atoms with Gasteiger partial charge < -0.3 is 5.32 Å². The fraction of sp³-hybridized carbons (Fsp3) is 0.192. The number of thioether (sulfide) groups is 1. The summed E-state index contributed by atoms with van der Waals surface area (Å²) in [6.07, 6.45) is 0. The Hall–Kier alpha value is -3.58. The number of aryl methyl sites for hydroxylation is 1. The molecule has 0 aromatic heterocycles. The van der Waals surface area contributed by atoms with Gasteiger partial charge in [0.05, 0.1) is 11.4 Å². The predicted molar refractivity (Wildman–Crippen MR) is 130 cm³/mol. The maximum atomic E-state index is 13.9. The highest BCUT2D eigenvalue weighted by atomic mass is 32.2. The average molecular weight is 458 g/mol. The van der Waals surface area contributed by atoms with Crippen LogP contribution < -0.4 is 15.1 Å². The van der Waals surface area contributed by atoms with Crippen LogP contribution in [0.15, 0.2) is 78.9 Å². The van der Waals surface area contributed by atoms with Gasteiger partial charge in [-0.05, 0) is 30.7 Å². The van der Waals surface area contributed by atoms with E-state index in [1.807, 2.05) is 85.8 Å². The highest BCUT2D eigenvalue weighted by molar-refractivity contribution is 8.02. The summed E-state index contributed by atoms with van der Waals surface area (Å²) >= 11 is 1.31. The Morgan fingerprint density at radius 1 is 0.970 bits per heavy atom. The number of carbonyl (C=O) groups excluding carboxylic acids is 3. The van der Waals surface area contributed by atoms with Crippen LogP contribution in [-0.2, 0) is 25.8 Å². The van der Waals surface area contributed by atoms with Gasteiger partial charge in [-0.1, -0.05) is 66.2 Å². The number of hydrogen-bond donors (Lipinski definition) is 1. The molecule has 166 valence electrons. The molecule has 2 aliphatic rings. The van der Waals surface area contributed by atoms with E-state index in [2.05, 4.69) is 5.32 Å². The first kappa shape index (κ1) is 21.3. The molecule has 0 saturated carbocycles. The second-order valence-electron chi connectivity index (χ2n) is 8.17. The molecule has 3 aromatic rings. The maximum absolute atomic E-state index is 13.9. The fourth-order valence-electron chi connectivity index (χ4n) is 4.40. The number of amides is 3. The molecule has 7 heteroatoms. The van der Waals surface area contributed by atoms with E-state index in [1.54, 1.807) is 4.90 Å². The molecule has 5 rings (SSSR count). The van der Waals surface area contributed by atoms with Crippen molar-refractivity contribution >= 4 is 40.9 Å². The van der Waals surface area contributed by atoms with Gasteiger partial charge in [-0.3, -0.25) is 24.2 Å². The van der Waals surface area contributed by atoms with Crippen molar-refractivity contribution < 1.29 is 14.4 Å². The van der Waals surface area contributed by atoms with Crippen molar-refractivity contribution in [3.05, 3.63) is 95.6 Å². The summed E-state index contributed by atoms with van der Waals surface area (Å²) in [6, 6.07) is 24.6. The van der Waals surface area contributed by atoms with E-state index in [0.29, 0.717) is 17.9 Å². The Morgan fingerprint density at radius 3 is 2.42 bits per heavy atom. The van der Waals surface area contributed by atoms with Gasteiger partial charge in [0.25, 0.3) is 5.91 Å². The molecule has 0 radical (unpaired) electrons. The Morgan fingerprint density at radius 2 is 1.67 bits per heavy atom. The van der Waals surface area contributed by atoms with E-state index in [1.165, 1.54) is 16.7 Å². The number of nitrogens with zero attached hydrogens (tertiary/aromatic N) is 2. The van der Waals surface area contributed by atoms with Gasteiger partial charge in [-0.25, -0.2) is 0 Å². The lowest BCUT2D eigenvalue weighted by atomic mass is 10.0. The topological polar surface area (TPSA) is 69.7 Å². The van der Waals surface area contributed by atoms with Gasteiger partial charge in [0.15, 0.2) is 0 Å². The molecular weight excluding hydrogens is 434 g/mol. The van der Waals surface area contributed by atoms with Crippen molar-refractivity contribution in [3.8, 4) is 0 Å². The molecule has 0 unspecified atom stereocenters. The largest absolute Gasteiger partial charge is 0.350 e. The summed E-state index contributed by atoms with van der Waals surface area (Å²) in [6.45, 7) is 2.29. The zero-order valence-electron chi connectivity index (χ0n) is 18.2. The lowest BCUT2D eigenvalue weighted by Crippen LogP contribution is -2.51. The normalized spacial score (nSPS) is 19.3. The summed E-state index contributed by atoms with van der Waals surface area (Å²) in [7, 11) is 0. The number of carbonyl (C=O) groups is 3. The standard InChI is InChI=1S/C26H23N3O3S/c1-18-11-13-19(14-12-18)15-27-23(30)16-28-22-10-6-5-9-21(22)26(25(28)32)29(24(31)17-33-26)20-7-3-2-4-8-20/h2-14H,15-17H2,1H3,(H,27,30)/t26-/m0/s1. The minimum absolute atomic E-state index is 0.110. The van der Waals surface area contributed by atoms with Gasteiger partial charge in [0, 0.05) is 17.8 Å². The Kier molecular flexibility index (Phi) is 5.42. The minimum Gasteiger partial charge on any atom is -0.350 e. The highest BCUT2D eigenvalue weighted by Crippen LogP contribution is 2.55. The summed E-state index contributed by atoms with van der Waals surface area (Å²) in [4.78, 5) is 41.6. The summed E-state index contributed by atoms with van der Waals surface area (Å²) < 4.78 is 0. The molecule has 33 heavy (non-hydrogen) atoms. The van der Waals surface area contributed by atoms with Crippen LogP contribution >= 0.6 is 11.8 Å². The quantitative estimate of drug-likeness (QED) is 0.636. The van der Waals surface area contributed by atoms with E-state index in [-0.39, 0.29) is 30.0 Å². The van der Waals surface area contributed by atoms with E-state index in [0.717, 1.165) is 16.7 Å². The Bertz CT molecular complexity index is 1230. The molecule has 1 saturated heterocycles. The molecule has 1 spiro atoms. The lowest BCUT2D eigenvalue weighted by Gasteiger charge is -2.33. The number of anilines is 2. The highest BCUT2D eigenvalue weighted by Gasteiger charge is 2.61. The summed E-state index contributed by atoms with van der Waals surface area (Å²) in [5.74, 6) is -0.451. The Labute approximate surface area is 196 Å². The first-order valence-electron chi connectivity index (χ1n) is 10.8. The molecule has 0 bridgehead atoms. The van der Waals surface area contributed by atoms with Crippen molar-refractivity contribution in [1.82, 2.24) is 5.32 Å². The zero-order valence-corrected chi connectivity index (χ0v) is 19.0. The molecule has 0 aliphatic carbocycles. The van der Waals surface area contributed by atoms with E-state index in [9.17, 15) is 14.4 Å². The fourth-order valence-corrected chi connectivity index (χ4v) is 5.76. The number of benzene rings is 3. The van der Waals surface area contributed by atoms with E-state index < -0.39 is 4.87 Å². The number of fused-ring (bicyclic) bond motifs is 2. The van der Waals surface area contributed by atoms with Crippen LogP contribution in [0.4, 0.5) is 11.4 Å². The van der Waals surface area contributed by atoms with Gasteiger partial charge in [-0.15, -0.1) is 11.8 Å². The molecule has 2 aliphatic heterocycles. The maximum Gasteiger partial charge on any atom is 0.269 e. The first-order chi connectivity index (χ1) is 16.0. The summed E-state index contributed by atoms with van der Waals surface area (Å²) in [5, 5.41) is 2.91. The molecule has 1 fully saturated rings. The predicted octanol–water partition coefficient (Wildman–Crippen LogP) is 3.59. The smallest absolute Gasteiger partial charge is 0.269 e. The van der Waals surface area contributed by atoms with Gasteiger partial charge >= 0.3 is 0 Å². The molecule has 3 amide bonds. The van der Waals surface area contributed by atoms with Gasteiger partial charge in [0.1, 0.15) is 6.54 Å². The molecule has 6 nitrogen and oxygen atoms in total. The third kappa shape index (κ3) is 3.58. The molecular formula is C26H23N3O3S. The van der Waals surface area contributed by atoms with Crippen molar-refractivity contribution in [3.63, 3.8) is 0 Å². The van der Waals surface area contributed by atoms with Crippen LogP contribution in [0.2, 0.25) is 0 Å². The van der Waals surface area contributed by atoms with Crippen molar-refractivity contribution in [2.75, 3.05) is 22.1 Å². The first-order valence-corrected chi connectivity index (χ1v) is 11.7. The second-order valence-corrected chi connectivity index (χ2v) is 9.34. The number of hydrogen-bond acceptors (Lipinski definition) is 4. The van der Waals surface area contributed by atoms with E-state index >= 15 is 0 Å². The number of para-hydroxylation sites is 2. The molecule has 2 heterocycles. The van der Waals surface area contributed by atoms with Crippen molar-refractivity contribution in [2.24, 2.45) is 0 Å². The monoisotopic (exact) mass is 457 g/mol. The van der Waals surface area contributed by atoms with Crippen LogP contribution in [0.3, 0.4) is 0 Å². The van der Waals surface area contributed by atoms with E-state index in [4.69, 9.17) is 0 Å². The number of rotatable bonds is 5. The van der Waals surface area contributed by atoms with Crippen molar-refractivity contribution in [2.45, 2.75) is 18.3 Å².